The van der Waals surface area contributed by atoms with Crippen LogP contribution in [-0.2, 0) is 4.79 Å². The molecule has 7 heteroatoms. The molecule has 0 fully saturated rings. The lowest BCUT2D eigenvalue weighted by Crippen LogP contribution is -1.96. The average Bonchev–Trinajstić information content (AvgIpc) is 3.59. The number of aryl methyl sites for hydroxylation is 2. The van der Waals surface area contributed by atoms with Crippen molar-refractivity contribution in [3.8, 4) is 0 Å². The van der Waals surface area contributed by atoms with Crippen LogP contribution in [0.1, 0.15) is 84.6 Å². The van der Waals surface area contributed by atoms with E-state index >= 15 is 0 Å². The largest absolute Gasteiger partial charge is 0.481 e. The molecule has 0 saturated carbocycles. The fraction of sp³-hybridized carbons (Fsp3) is 0.265. The van der Waals surface area contributed by atoms with Crippen molar-refractivity contribution in [3.63, 3.8) is 0 Å². The number of allylic oxidation sites excluding steroid dienone is 4. The zero-order chi connectivity index (χ0) is 29.4. The summed E-state index contributed by atoms with van der Waals surface area (Å²) in [5.74, 6) is -0.849. The Morgan fingerprint density at radius 2 is 1.24 bits per heavy atom. The Kier molecular flexibility index (Phi) is 7.65. The lowest BCUT2D eigenvalue weighted by Gasteiger charge is -2.05. The van der Waals surface area contributed by atoms with Crippen LogP contribution in [0.3, 0.4) is 0 Å². The Bertz CT molecular complexity index is 1830. The van der Waals surface area contributed by atoms with Gasteiger partial charge in [-0.3, -0.25) is 4.79 Å². The van der Waals surface area contributed by atoms with Crippen LogP contribution in [0.5, 0.6) is 0 Å². The van der Waals surface area contributed by atoms with Gasteiger partial charge >= 0.3 is 5.97 Å². The van der Waals surface area contributed by atoms with Crippen molar-refractivity contribution in [3.05, 3.63) is 82.5 Å². The van der Waals surface area contributed by atoms with Crippen LogP contribution >= 0.6 is 0 Å². The van der Waals surface area contributed by atoms with E-state index in [-0.39, 0.29) is 13.0 Å². The highest BCUT2D eigenvalue weighted by Gasteiger charge is 2.22. The standard InChI is InChI=1S/C34H36N4O3/c1-7-22-18(3)26-14-27-21(6)25(11-12-34(40)41)33(37-27)17-32-24(10-9-13-39)20(5)29(38-32)16-31-23(8-2)19(4)28(36-31)15-30(22)35-26/h7-8,14-17,35-36,39H,1-2,9-13H2,3-6H3,(H,40,41). The molecule has 5 heterocycles. The van der Waals surface area contributed by atoms with Crippen molar-refractivity contribution >= 4 is 62.5 Å². The Hall–Kier alpha value is -4.49. The van der Waals surface area contributed by atoms with Crippen LogP contribution in [0.15, 0.2) is 37.4 Å². The molecule has 2 aliphatic rings. The predicted molar refractivity (Wildman–Crippen MR) is 169 cm³/mol. The smallest absolute Gasteiger partial charge is 0.303 e. The summed E-state index contributed by atoms with van der Waals surface area (Å²) in [6, 6.07) is 8.15. The molecule has 3 aromatic heterocycles. The van der Waals surface area contributed by atoms with E-state index in [0.717, 1.165) is 89.4 Å². The number of carboxylic acid groups (broad SMARTS) is 1. The molecule has 0 aliphatic carbocycles. The number of carboxylic acids is 1. The third-order valence-electron chi connectivity index (χ3n) is 8.22. The maximum absolute atomic E-state index is 11.5. The van der Waals surface area contributed by atoms with Gasteiger partial charge in [0.2, 0.25) is 0 Å². The molecule has 0 spiro atoms. The van der Waals surface area contributed by atoms with Gasteiger partial charge in [0.05, 0.1) is 22.8 Å². The molecule has 0 saturated heterocycles. The molecule has 4 N–H and O–H groups in total. The number of aliphatic hydroxyl groups excluding tert-OH is 1. The molecule has 0 atom stereocenters. The number of H-pyrrole nitrogens is 2. The number of aliphatic hydroxyl groups is 1. The molecule has 5 rings (SSSR count). The van der Waals surface area contributed by atoms with Gasteiger partial charge in [-0.25, -0.2) is 9.97 Å². The Morgan fingerprint density at radius 3 is 1.76 bits per heavy atom. The van der Waals surface area contributed by atoms with Crippen LogP contribution in [0.2, 0.25) is 0 Å². The fourth-order valence-corrected chi connectivity index (χ4v) is 5.79. The molecular weight excluding hydrogens is 512 g/mol. The zero-order valence-corrected chi connectivity index (χ0v) is 24.1. The highest BCUT2D eigenvalue weighted by Crippen LogP contribution is 2.38. The zero-order valence-electron chi connectivity index (χ0n) is 24.1. The van der Waals surface area contributed by atoms with Gasteiger partial charge in [-0.15, -0.1) is 0 Å². The normalized spacial score (nSPS) is 13.2. The van der Waals surface area contributed by atoms with Gasteiger partial charge in [-0.05, 0) is 105 Å². The molecule has 7 nitrogen and oxygen atoms in total. The van der Waals surface area contributed by atoms with Crippen molar-refractivity contribution in [2.75, 3.05) is 6.61 Å². The molecule has 2 aliphatic heterocycles. The molecule has 0 radical (unpaired) electrons. The van der Waals surface area contributed by atoms with Gasteiger partial charge < -0.3 is 20.2 Å². The second-order valence-corrected chi connectivity index (χ2v) is 10.7. The van der Waals surface area contributed by atoms with E-state index in [1.165, 1.54) is 0 Å². The van der Waals surface area contributed by atoms with Gasteiger partial charge in [-0.2, -0.15) is 0 Å². The number of aromatic nitrogens is 4. The van der Waals surface area contributed by atoms with E-state index in [1.54, 1.807) is 0 Å². The van der Waals surface area contributed by atoms with Crippen molar-refractivity contribution in [1.82, 2.24) is 19.9 Å². The molecular formula is C34H36N4O3. The number of hydrogen-bond donors (Lipinski definition) is 4. The molecule has 41 heavy (non-hydrogen) atoms. The number of nitrogens with zero attached hydrogens (tertiary/aromatic N) is 2. The van der Waals surface area contributed by atoms with Gasteiger partial charge in [0.1, 0.15) is 0 Å². The maximum Gasteiger partial charge on any atom is 0.303 e. The van der Waals surface area contributed by atoms with Crippen molar-refractivity contribution in [1.29, 1.82) is 0 Å². The third-order valence-corrected chi connectivity index (χ3v) is 8.22. The average molecular weight is 549 g/mol. The Morgan fingerprint density at radius 1 is 0.756 bits per heavy atom. The van der Waals surface area contributed by atoms with Crippen molar-refractivity contribution in [2.24, 2.45) is 0 Å². The summed E-state index contributed by atoms with van der Waals surface area (Å²) in [7, 11) is 0. The molecule has 210 valence electrons. The number of nitrogens with one attached hydrogen (secondary N) is 2. The fourth-order valence-electron chi connectivity index (χ4n) is 5.79. The summed E-state index contributed by atoms with van der Waals surface area (Å²) in [5.41, 5.74) is 15.0. The first-order valence-corrected chi connectivity index (χ1v) is 13.9. The molecule has 0 unspecified atom stereocenters. The maximum atomic E-state index is 11.5. The number of hydrogen-bond acceptors (Lipinski definition) is 4. The van der Waals surface area contributed by atoms with Crippen molar-refractivity contribution in [2.45, 2.75) is 53.4 Å². The van der Waals surface area contributed by atoms with Crippen molar-refractivity contribution < 1.29 is 15.0 Å². The summed E-state index contributed by atoms with van der Waals surface area (Å²) >= 11 is 0. The second kappa shape index (κ2) is 11.2. The first-order valence-electron chi connectivity index (χ1n) is 13.9. The Balaban J connectivity index is 1.94. The first kappa shape index (κ1) is 28.1. The minimum absolute atomic E-state index is 0.0105. The number of fused-ring (bicyclic) bond motifs is 8. The summed E-state index contributed by atoms with van der Waals surface area (Å²) in [5, 5.41) is 19.1. The van der Waals surface area contributed by atoms with Crippen LogP contribution in [0.4, 0.5) is 0 Å². The predicted octanol–water partition coefficient (Wildman–Crippen LogP) is 7.72. The van der Waals surface area contributed by atoms with Crippen LogP contribution in [0.25, 0.3) is 56.5 Å². The first-order chi connectivity index (χ1) is 19.7. The summed E-state index contributed by atoms with van der Waals surface area (Å²) < 4.78 is 0. The van der Waals surface area contributed by atoms with E-state index in [1.807, 2.05) is 31.2 Å². The number of aromatic amines is 2. The van der Waals surface area contributed by atoms with E-state index in [4.69, 9.17) is 9.97 Å². The monoisotopic (exact) mass is 548 g/mol. The summed E-state index contributed by atoms with van der Waals surface area (Å²) in [6.45, 7) is 16.4. The van der Waals surface area contributed by atoms with E-state index < -0.39 is 5.97 Å². The number of carbonyl (C=O) groups is 1. The van der Waals surface area contributed by atoms with Crippen LogP contribution < -0.4 is 0 Å². The number of aliphatic carboxylic acids is 1. The van der Waals surface area contributed by atoms with E-state index in [2.05, 4.69) is 56.0 Å². The van der Waals surface area contributed by atoms with E-state index in [9.17, 15) is 15.0 Å². The molecule has 3 aromatic rings. The highest BCUT2D eigenvalue weighted by molar-refractivity contribution is 5.96. The minimum Gasteiger partial charge on any atom is -0.481 e. The van der Waals surface area contributed by atoms with Gasteiger partial charge in [0.25, 0.3) is 0 Å². The quantitative estimate of drug-likeness (QED) is 0.230. The third kappa shape index (κ3) is 5.09. The summed E-state index contributed by atoms with van der Waals surface area (Å²) in [6.07, 6.45) is 5.38. The van der Waals surface area contributed by atoms with Crippen LogP contribution in [0, 0.1) is 13.8 Å². The number of rotatable bonds is 8. The summed E-state index contributed by atoms with van der Waals surface area (Å²) in [4.78, 5) is 28.7. The lowest BCUT2D eigenvalue weighted by molar-refractivity contribution is -0.136. The van der Waals surface area contributed by atoms with Gasteiger partial charge in [-0.1, -0.05) is 25.3 Å². The molecule has 0 amide bonds. The molecule has 0 aromatic carbocycles. The molecule has 8 bridgehead atoms. The highest BCUT2D eigenvalue weighted by atomic mass is 16.4. The SMILES string of the molecule is C=Cc1c(C)c2cc3[nH]c(cc4nc(cc5nc(cc1[nH]2)C(C)=C5CCCO)C(CCC(=O)O)=C4C)c(C)c3C=C. The second-order valence-electron chi connectivity index (χ2n) is 10.7. The van der Waals surface area contributed by atoms with Gasteiger partial charge in [0.15, 0.2) is 0 Å². The lowest BCUT2D eigenvalue weighted by atomic mass is 9.98. The Labute approximate surface area is 239 Å². The van der Waals surface area contributed by atoms with E-state index in [0.29, 0.717) is 19.3 Å². The topological polar surface area (TPSA) is 115 Å². The van der Waals surface area contributed by atoms with Crippen LogP contribution in [-0.4, -0.2) is 42.7 Å². The minimum atomic E-state index is -0.849. The van der Waals surface area contributed by atoms with Gasteiger partial charge in [0, 0.05) is 46.2 Å².